The van der Waals surface area contributed by atoms with Crippen LogP contribution in [0.2, 0.25) is 0 Å². The second kappa shape index (κ2) is 6.91. The Labute approximate surface area is 139 Å². The molecule has 0 spiro atoms. The Hall–Kier alpha value is -0.920. The average Bonchev–Trinajstić information content (AvgIpc) is 3.27. The Balaban J connectivity index is 1.58. The van der Waals surface area contributed by atoms with E-state index in [2.05, 4.69) is 14.9 Å². The fourth-order valence-electron chi connectivity index (χ4n) is 3.47. The van der Waals surface area contributed by atoms with Crippen LogP contribution < -0.4 is 5.32 Å². The quantitative estimate of drug-likeness (QED) is 0.820. The molecule has 0 aromatic carbocycles. The van der Waals surface area contributed by atoms with Gasteiger partial charge in [-0.3, -0.25) is 0 Å². The molecule has 3 rings (SSSR count). The summed E-state index contributed by atoms with van der Waals surface area (Å²) in [5.41, 5.74) is 0. The van der Waals surface area contributed by atoms with E-state index in [-0.39, 0.29) is 5.75 Å². The summed E-state index contributed by atoms with van der Waals surface area (Å²) in [7, 11) is -1.01. The van der Waals surface area contributed by atoms with Gasteiger partial charge in [0.25, 0.3) is 0 Å². The molecule has 1 aliphatic carbocycles. The maximum absolute atomic E-state index is 12.2. The predicted molar refractivity (Wildman–Crippen MR) is 90.5 cm³/mol. The lowest BCUT2D eigenvalue weighted by Gasteiger charge is -2.34. The van der Waals surface area contributed by atoms with Crippen molar-refractivity contribution in [3.05, 3.63) is 18.2 Å². The fraction of sp³-hybridized carbons (Fsp3) is 0.812. The summed E-state index contributed by atoms with van der Waals surface area (Å²) in [5.74, 6) is 2.05. The molecule has 0 radical (unpaired) electrons. The van der Waals surface area contributed by atoms with Crippen molar-refractivity contribution in [1.29, 1.82) is 0 Å². The van der Waals surface area contributed by atoms with Crippen molar-refractivity contribution in [2.24, 2.45) is 13.0 Å². The maximum atomic E-state index is 12.2. The molecule has 2 fully saturated rings. The highest BCUT2D eigenvalue weighted by Crippen LogP contribution is 2.41. The van der Waals surface area contributed by atoms with E-state index < -0.39 is 10.0 Å². The first-order valence-electron chi connectivity index (χ1n) is 8.72. The highest BCUT2D eigenvalue weighted by atomic mass is 32.2. The summed E-state index contributed by atoms with van der Waals surface area (Å²) >= 11 is 0. The lowest BCUT2D eigenvalue weighted by molar-refractivity contribution is 0.261. The van der Waals surface area contributed by atoms with Crippen molar-refractivity contribution in [1.82, 2.24) is 19.2 Å². The summed E-state index contributed by atoms with van der Waals surface area (Å²) in [5, 5.41) is 3.76. The van der Waals surface area contributed by atoms with Crippen LogP contribution in [-0.2, 0) is 17.1 Å². The number of aryl methyl sites for hydroxylation is 1. The Bertz CT molecular complexity index is 616. The number of hydrogen-bond acceptors (Lipinski definition) is 4. The van der Waals surface area contributed by atoms with Gasteiger partial charge in [-0.25, -0.2) is 17.7 Å². The van der Waals surface area contributed by atoms with E-state index in [0.29, 0.717) is 37.5 Å². The predicted octanol–water partition coefficient (Wildman–Crippen LogP) is 1.66. The van der Waals surface area contributed by atoms with Crippen LogP contribution in [-0.4, -0.2) is 47.2 Å². The zero-order valence-corrected chi connectivity index (χ0v) is 14.9. The molecule has 2 heterocycles. The van der Waals surface area contributed by atoms with Crippen molar-refractivity contribution in [3.63, 3.8) is 0 Å². The second-order valence-electron chi connectivity index (χ2n) is 6.87. The number of sulfonamides is 1. The van der Waals surface area contributed by atoms with Gasteiger partial charge in [0.1, 0.15) is 5.82 Å². The topological polar surface area (TPSA) is 67.2 Å². The summed E-state index contributed by atoms with van der Waals surface area (Å²) in [6, 6.07) is 0.684. The van der Waals surface area contributed by atoms with Crippen LogP contribution in [0.4, 0.5) is 0 Å². The van der Waals surface area contributed by atoms with Crippen LogP contribution in [0.3, 0.4) is 0 Å². The molecule has 1 saturated heterocycles. The molecule has 1 aromatic rings. The van der Waals surface area contributed by atoms with Gasteiger partial charge < -0.3 is 9.88 Å². The zero-order valence-electron chi connectivity index (χ0n) is 14.1. The number of hydrogen-bond donors (Lipinski definition) is 1. The first kappa shape index (κ1) is 16.9. The van der Waals surface area contributed by atoms with E-state index >= 15 is 0 Å². The second-order valence-corrected chi connectivity index (χ2v) is 8.96. The van der Waals surface area contributed by atoms with Crippen LogP contribution in [0, 0.1) is 5.92 Å². The Morgan fingerprint density at radius 1 is 1.30 bits per heavy atom. The molecule has 6 nitrogen and oxygen atoms in total. The van der Waals surface area contributed by atoms with Crippen LogP contribution in [0.5, 0.6) is 0 Å². The molecule has 1 aliphatic heterocycles. The lowest BCUT2D eigenvalue weighted by Crippen LogP contribution is -2.46. The van der Waals surface area contributed by atoms with E-state index in [1.165, 1.54) is 12.8 Å². The molecule has 2 aliphatic rings. The van der Waals surface area contributed by atoms with E-state index in [1.54, 1.807) is 4.31 Å². The third-order valence-electron chi connectivity index (χ3n) is 4.95. The molecule has 1 atom stereocenters. The largest absolute Gasteiger partial charge is 0.337 e. The van der Waals surface area contributed by atoms with Gasteiger partial charge in [0.2, 0.25) is 10.0 Å². The number of nitrogens with zero attached hydrogens (tertiary/aromatic N) is 3. The number of rotatable bonds is 7. The molecule has 1 saturated carbocycles. The van der Waals surface area contributed by atoms with E-state index in [9.17, 15) is 8.42 Å². The van der Waals surface area contributed by atoms with Crippen molar-refractivity contribution in [2.45, 2.75) is 51.1 Å². The molecule has 0 bridgehead atoms. The first-order valence-corrected chi connectivity index (χ1v) is 10.3. The molecule has 0 unspecified atom stereocenters. The van der Waals surface area contributed by atoms with Crippen LogP contribution in [0.25, 0.3) is 0 Å². The maximum Gasteiger partial charge on any atom is 0.214 e. The minimum absolute atomic E-state index is 0.267. The summed E-state index contributed by atoms with van der Waals surface area (Å²) < 4.78 is 28.1. The zero-order chi connectivity index (χ0) is 16.4. The van der Waals surface area contributed by atoms with E-state index in [0.717, 1.165) is 18.7 Å². The van der Waals surface area contributed by atoms with Gasteiger partial charge in [-0.05, 0) is 38.0 Å². The highest BCUT2D eigenvalue weighted by Gasteiger charge is 2.37. The average molecular weight is 340 g/mol. The van der Waals surface area contributed by atoms with Crippen LogP contribution >= 0.6 is 0 Å². The summed E-state index contributed by atoms with van der Waals surface area (Å²) in [6.45, 7) is 3.19. The van der Waals surface area contributed by atoms with Gasteiger partial charge in [-0.15, -0.1) is 0 Å². The molecule has 0 amide bonds. The number of aromatic nitrogens is 2. The van der Waals surface area contributed by atoms with Gasteiger partial charge in [-0.2, -0.15) is 0 Å². The van der Waals surface area contributed by atoms with Crippen LogP contribution in [0.1, 0.15) is 50.9 Å². The third-order valence-corrected chi connectivity index (χ3v) is 7.03. The molecular weight excluding hydrogens is 312 g/mol. The van der Waals surface area contributed by atoms with E-state index in [4.69, 9.17) is 0 Å². The Morgan fingerprint density at radius 3 is 2.52 bits per heavy atom. The van der Waals surface area contributed by atoms with Gasteiger partial charge in [0, 0.05) is 38.6 Å². The smallest absolute Gasteiger partial charge is 0.214 e. The Morgan fingerprint density at radius 2 is 2.00 bits per heavy atom. The van der Waals surface area contributed by atoms with Crippen molar-refractivity contribution >= 4 is 10.0 Å². The lowest BCUT2D eigenvalue weighted by atomic mass is 10.0. The summed E-state index contributed by atoms with van der Waals surface area (Å²) in [6.07, 6.45) is 8.82. The van der Waals surface area contributed by atoms with Crippen molar-refractivity contribution in [2.75, 3.05) is 18.8 Å². The number of imidazole rings is 1. The van der Waals surface area contributed by atoms with Crippen molar-refractivity contribution in [3.8, 4) is 0 Å². The highest BCUT2D eigenvalue weighted by molar-refractivity contribution is 7.89. The monoisotopic (exact) mass is 340 g/mol. The molecule has 1 N–H and O–H groups in total. The summed E-state index contributed by atoms with van der Waals surface area (Å²) in [4.78, 5) is 4.52. The molecule has 1 aromatic heterocycles. The SMILES string of the molecule is CCCS(=O)(=O)N1CCC(N[C@@H](c2nccn2C)C2CC2)CC1. The van der Waals surface area contributed by atoms with Crippen molar-refractivity contribution < 1.29 is 8.42 Å². The first-order chi connectivity index (χ1) is 11.0. The molecular formula is C16H28N4O2S. The normalized spacial score (nSPS) is 22.3. The molecule has 130 valence electrons. The Kier molecular flexibility index (Phi) is 5.08. The van der Waals surface area contributed by atoms with Gasteiger partial charge in [0.15, 0.2) is 0 Å². The minimum atomic E-state index is -3.05. The van der Waals surface area contributed by atoms with Gasteiger partial charge in [-0.1, -0.05) is 6.92 Å². The number of nitrogens with one attached hydrogen (secondary N) is 1. The molecule has 23 heavy (non-hydrogen) atoms. The third kappa shape index (κ3) is 3.95. The number of piperidine rings is 1. The molecule has 7 heteroatoms. The fourth-order valence-corrected chi connectivity index (χ4v) is 5.01. The van der Waals surface area contributed by atoms with Crippen LogP contribution in [0.15, 0.2) is 12.4 Å². The van der Waals surface area contributed by atoms with Gasteiger partial charge in [0.05, 0.1) is 11.8 Å². The standard InChI is InChI=1S/C16H28N4O2S/c1-3-12-23(21,22)20-9-6-14(7-10-20)18-15(13-4-5-13)16-17-8-11-19(16)2/h8,11,13-15,18H,3-7,9-10,12H2,1-2H3/t15-/m1/s1. The minimum Gasteiger partial charge on any atom is -0.337 e. The van der Waals surface area contributed by atoms with Gasteiger partial charge >= 0.3 is 0 Å². The van der Waals surface area contributed by atoms with E-state index in [1.807, 2.05) is 26.4 Å².